The maximum absolute atomic E-state index is 12.3. The van der Waals surface area contributed by atoms with Crippen molar-refractivity contribution in [1.29, 1.82) is 0 Å². The Hall–Kier alpha value is -0.550. The Morgan fingerprint density at radius 2 is 1.94 bits per heavy atom. The maximum Gasteiger partial charge on any atom is 0.190 e. The van der Waals surface area contributed by atoms with E-state index in [9.17, 15) is 8.42 Å². The molecule has 1 aromatic rings. The zero-order chi connectivity index (χ0) is 11.6. The van der Waals surface area contributed by atoms with Gasteiger partial charge in [0, 0.05) is 7.05 Å². The SMILES string of the molecule is CNc1ccc(S(=O)(=O)C2CCCCC2)s1. The summed E-state index contributed by atoms with van der Waals surface area (Å²) < 4.78 is 25.1. The van der Waals surface area contributed by atoms with E-state index in [1.807, 2.05) is 13.1 Å². The molecule has 0 radical (unpaired) electrons. The molecule has 0 saturated heterocycles. The van der Waals surface area contributed by atoms with Gasteiger partial charge in [-0.15, -0.1) is 11.3 Å². The summed E-state index contributed by atoms with van der Waals surface area (Å²) in [6, 6.07) is 3.56. The molecule has 1 N–H and O–H groups in total. The number of rotatable bonds is 3. The predicted molar refractivity (Wildman–Crippen MR) is 67.9 cm³/mol. The summed E-state index contributed by atoms with van der Waals surface area (Å²) in [5.41, 5.74) is 0. The highest BCUT2D eigenvalue weighted by Crippen LogP contribution is 2.33. The summed E-state index contributed by atoms with van der Waals surface area (Å²) in [6.45, 7) is 0. The summed E-state index contributed by atoms with van der Waals surface area (Å²) in [4.78, 5) is 0. The van der Waals surface area contributed by atoms with Crippen LogP contribution in [0, 0.1) is 0 Å². The monoisotopic (exact) mass is 259 g/mol. The molecule has 0 bridgehead atoms. The van der Waals surface area contributed by atoms with Gasteiger partial charge in [0.25, 0.3) is 0 Å². The first-order valence-electron chi connectivity index (χ1n) is 5.66. The van der Waals surface area contributed by atoms with Crippen molar-refractivity contribution in [2.45, 2.75) is 41.6 Å². The van der Waals surface area contributed by atoms with Crippen LogP contribution in [0.2, 0.25) is 0 Å². The van der Waals surface area contributed by atoms with Crippen molar-refractivity contribution in [3.8, 4) is 0 Å². The van der Waals surface area contributed by atoms with Crippen LogP contribution in [0.15, 0.2) is 16.3 Å². The van der Waals surface area contributed by atoms with Crippen LogP contribution in [-0.2, 0) is 9.84 Å². The van der Waals surface area contributed by atoms with Gasteiger partial charge in [-0.05, 0) is 25.0 Å². The quantitative estimate of drug-likeness (QED) is 0.908. The molecule has 1 aliphatic carbocycles. The van der Waals surface area contributed by atoms with Crippen molar-refractivity contribution in [1.82, 2.24) is 0 Å². The van der Waals surface area contributed by atoms with Crippen molar-refractivity contribution >= 4 is 26.2 Å². The van der Waals surface area contributed by atoms with Crippen LogP contribution < -0.4 is 5.32 Å². The Balaban J connectivity index is 2.23. The first kappa shape index (κ1) is 11.9. The lowest BCUT2D eigenvalue weighted by molar-refractivity contribution is 0.484. The van der Waals surface area contributed by atoms with Gasteiger partial charge in [0.05, 0.1) is 10.3 Å². The Morgan fingerprint density at radius 1 is 1.25 bits per heavy atom. The Bertz CT molecular complexity index is 444. The van der Waals surface area contributed by atoms with Gasteiger partial charge in [0.1, 0.15) is 4.21 Å². The van der Waals surface area contributed by atoms with Crippen LogP contribution >= 0.6 is 11.3 Å². The molecule has 16 heavy (non-hydrogen) atoms. The maximum atomic E-state index is 12.3. The van der Waals surface area contributed by atoms with Crippen LogP contribution in [0.3, 0.4) is 0 Å². The molecule has 90 valence electrons. The minimum absolute atomic E-state index is 0.149. The minimum atomic E-state index is -3.07. The second-order valence-electron chi connectivity index (χ2n) is 4.17. The predicted octanol–water partition coefficient (Wildman–Crippen LogP) is 2.90. The summed E-state index contributed by atoms with van der Waals surface area (Å²) in [7, 11) is -1.26. The van der Waals surface area contributed by atoms with E-state index in [1.165, 1.54) is 17.8 Å². The molecule has 3 nitrogen and oxygen atoms in total. The van der Waals surface area contributed by atoms with Crippen LogP contribution in [0.25, 0.3) is 0 Å². The summed E-state index contributed by atoms with van der Waals surface area (Å²) in [6.07, 6.45) is 4.94. The zero-order valence-electron chi connectivity index (χ0n) is 9.40. The molecule has 1 heterocycles. The van der Waals surface area contributed by atoms with E-state index >= 15 is 0 Å². The number of hydrogen-bond acceptors (Lipinski definition) is 4. The van der Waals surface area contributed by atoms with Gasteiger partial charge in [-0.2, -0.15) is 0 Å². The average molecular weight is 259 g/mol. The molecule has 0 aliphatic heterocycles. The first-order valence-corrected chi connectivity index (χ1v) is 8.02. The van der Waals surface area contributed by atoms with Crippen molar-refractivity contribution in [2.75, 3.05) is 12.4 Å². The van der Waals surface area contributed by atoms with Crippen molar-refractivity contribution in [3.63, 3.8) is 0 Å². The third kappa shape index (κ3) is 2.25. The summed E-state index contributed by atoms with van der Waals surface area (Å²) >= 11 is 1.33. The van der Waals surface area contributed by atoms with Gasteiger partial charge in [0.2, 0.25) is 0 Å². The van der Waals surface area contributed by atoms with E-state index in [-0.39, 0.29) is 5.25 Å². The molecular weight excluding hydrogens is 242 g/mol. The van der Waals surface area contributed by atoms with Gasteiger partial charge in [-0.3, -0.25) is 0 Å². The van der Waals surface area contributed by atoms with Gasteiger partial charge in [-0.1, -0.05) is 19.3 Å². The van der Waals surface area contributed by atoms with Crippen molar-refractivity contribution in [2.24, 2.45) is 0 Å². The van der Waals surface area contributed by atoms with Crippen LogP contribution in [0.4, 0.5) is 5.00 Å². The number of anilines is 1. The number of hydrogen-bond donors (Lipinski definition) is 1. The smallest absolute Gasteiger partial charge is 0.190 e. The first-order chi connectivity index (χ1) is 7.64. The summed E-state index contributed by atoms with van der Waals surface area (Å²) in [5, 5.41) is 3.74. The molecule has 0 atom stereocenters. The molecule has 2 rings (SSSR count). The fourth-order valence-electron chi connectivity index (χ4n) is 2.15. The zero-order valence-corrected chi connectivity index (χ0v) is 11.0. The average Bonchev–Trinajstić information content (AvgIpc) is 2.79. The molecule has 1 saturated carbocycles. The Kier molecular flexibility index (Phi) is 3.54. The Labute approximate surface area is 101 Å². The molecule has 5 heteroatoms. The van der Waals surface area contributed by atoms with Crippen LogP contribution in [0.5, 0.6) is 0 Å². The van der Waals surface area contributed by atoms with E-state index in [2.05, 4.69) is 5.32 Å². The van der Waals surface area contributed by atoms with Crippen molar-refractivity contribution in [3.05, 3.63) is 12.1 Å². The third-order valence-corrected chi connectivity index (χ3v) is 6.99. The largest absolute Gasteiger partial charge is 0.380 e. The topological polar surface area (TPSA) is 46.2 Å². The molecule has 0 spiro atoms. The fourth-order valence-corrected chi connectivity index (χ4v) is 5.42. The van der Waals surface area contributed by atoms with Gasteiger partial charge < -0.3 is 5.32 Å². The highest BCUT2D eigenvalue weighted by Gasteiger charge is 2.29. The standard InChI is InChI=1S/C11H17NO2S2/c1-12-10-7-8-11(15-10)16(13,14)9-5-3-2-4-6-9/h7-9,12H,2-6H2,1H3. The highest BCUT2D eigenvalue weighted by atomic mass is 32.2. The molecule has 0 amide bonds. The fraction of sp³-hybridized carbons (Fsp3) is 0.636. The van der Waals surface area contributed by atoms with Gasteiger partial charge >= 0.3 is 0 Å². The molecule has 1 fully saturated rings. The van der Waals surface area contributed by atoms with Crippen LogP contribution in [0.1, 0.15) is 32.1 Å². The van der Waals surface area contributed by atoms with Crippen molar-refractivity contribution < 1.29 is 8.42 Å². The number of nitrogens with one attached hydrogen (secondary N) is 1. The second kappa shape index (κ2) is 4.75. The molecule has 1 aliphatic rings. The molecule has 0 unspecified atom stereocenters. The van der Waals surface area contributed by atoms with E-state index < -0.39 is 9.84 Å². The van der Waals surface area contributed by atoms with Gasteiger partial charge in [-0.25, -0.2) is 8.42 Å². The van der Waals surface area contributed by atoms with Crippen LogP contribution in [-0.4, -0.2) is 20.7 Å². The van der Waals surface area contributed by atoms with E-state index in [0.717, 1.165) is 30.7 Å². The molecule has 0 aromatic carbocycles. The molecular formula is C11H17NO2S2. The van der Waals surface area contributed by atoms with Gasteiger partial charge in [0.15, 0.2) is 9.84 Å². The van der Waals surface area contributed by atoms with E-state index in [1.54, 1.807) is 6.07 Å². The lowest BCUT2D eigenvalue weighted by Gasteiger charge is -2.20. The normalized spacial score (nSPS) is 18.6. The minimum Gasteiger partial charge on any atom is -0.380 e. The van der Waals surface area contributed by atoms with E-state index in [0.29, 0.717) is 4.21 Å². The highest BCUT2D eigenvalue weighted by molar-refractivity contribution is 7.94. The van der Waals surface area contributed by atoms with E-state index in [4.69, 9.17) is 0 Å². The lowest BCUT2D eigenvalue weighted by atomic mass is 10.0. The summed E-state index contributed by atoms with van der Waals surface area (Å²) in [5.74, 6) is 0. The third-order valence-electron chi connectivity index (χ3n) is 3.10. The molecule has 1 aromatic heterocycles. The number of sulfone groups is 1. The second-order valence-corrected chi connectivity index (χ2v) is 7.71. The Morgan fingerprint density at radius 3 is 2.50 bits per heavy atom. The number of thiophene rings is 1. The lowest BCUT2D eigenvalue weighted by Crippen LogP contribution is -2.23.